The maximum Gasteiger partial charge on any atom is 0.331 e. The van der Waals surface area contributed by atoms with E-state index in [0.29, 0.717) is 22.7 Å². The van der Waals surface area contributed by atoms with Crippen LogP contribution in [0.15, 0.2) is 42.5 Å². The molecular weight excluding hydrogens is 377 g/mol. The van der Waals surface area contributed by atoms with E-state index in [9.17, 15) is 14.0 Å². The van der Waals surface area contributed by atoms with Crippen molar-refractivity contribution in [3.05, 3.63) is 58.9 Å². The second kappa shape index (κ2) is 9.59. The Bertz CT molecular complexity index is 869. The highest BCUT2D eigenvalue weighted by molar-refractivity contribution is 6.30. The summed E-state index contributed by atoms with van der Waals surface area (Å²) in [6.07, 6.45) is 2.52. The lowest BCUT2D eigenvalue weighted by Crippen LogP contribution is -2.20. The third kappa shape index (κ3) is 6.00. The summed E-state index contributed by atoms with van der Waals surface area (Å²) in [5.74, 6) is -0.823. The number of anilines is 1. The van der Waals surface area contributed by atoms with Crippen molar-refractivity contribution >= 4 is 35.2 Å². The number of rotatable bonds is 7. The molecule has 0 unspecified atom stereocenters. The Balaban J connectivity index is 1.86. The van der Waals surface area contributed by atoms with Gasteiger partial charge >= 0.3 is 5.97 Å². The first-order chi connectivity index (χ1) is 12.9. The summed E-state index contributed by atoms with van der Waals surface area (Å²) in [5, 5.41) is 2.52. The molecule has 142 valence electrons. The SMILES string of the molecule is COc1ccc(NC(=O)COC(=O)/C=C/c2ccc(F)c(Cl)c2)cc1OC. The summed E-state index contributed by atoms with van der Waals surface area (Å²) in [6.45, 7) is -0.471. The molecule has 0 aliphatic rings. The monoisotopic (exact) mass is 393 g/mol. The van der Waals surface area contributed by atoms with Crippen LogP contribution >= 0.6 is 11.6 Å². The average molecular weight is 394 g/mol. The number of hydrogen-bond donors (Lipinski definition) is 1. The first kappa shape index (κ1) is 20.3. The lowest BCUT2D eigenvalue weighted by molar-refractivity contribution is -0.142. The van der Waals surface area contributed by atoms with Gasteiger partial charge in [-0.1, -0.05) is 17.7 Å². The van der Waals surface area contributed by atoms with E-state index in [2.05, 4.69) is 5.32 Å². The lowest BCUT2D eigenvalue weighted by Gasteiger charge is -2.10. The molecule has 2 rings (SSSR count). The molecule has 1 amide bonds. The third-order valence-electron chi connectivity index (χ3n) is 3.37. The number of ether oxygens (including phenoxy) is 3. The van der Waals surface area contributed by atoms with Crippen molar-refractivity contribution in [2.45, 2.75) is 0 Å². The summed E-state index contributed by atoms with van der Waals surface area (Å²) in [7, 11) is 2.98. The summed E-state index contributed by atoms with van der Waals surface area (Å²) in [5.41, 5.74) is 0.985. The molecule has 8 heteroatoms. The Morgan fingerprint density at radius 1 is 1.11 bits per heavy atom. The molecule has 27 heavy (non-hydrogen) atoms. The molecule has 0 bridgehead atoms. The molecule has 0 saturated carbocycles. The molecule has 0 aromatic heterocycles. The van der Waals surface area contributed by atoms with Crippen LogP contribution in [0.5, 0.6) is 11.5 Å². The topological polar surface area (TPSA) is 73.9 Å². The van der Waals surface area contributed by atoms with E-state index in [4.69, 9.17) is 25.8 Å². The number of benzene rings is 2. The molecule has 0 fully saturated rings. The first-order valence-electron chi connectivity index (χ1n) is 7.74. The highest BCUT2D eigenvalue weighted by Crippen LogP contribution is 2.29. The number of esters is 1. The van der Waals surface area contributed by atoms with E-state index in [0.717, 1.165) is 6.08 Å². The summed E-state index contributed by atoms with van der Waals surface area (Å²) < 4.78 is 28.2. The summed E-state index contributed by atoms with van der Waals surface area (Å²) in [4.78, 5) is 23.6. The molecular formula is C19H17ClFNO5. The van der Waals surface area contributed by atoms with Crippen molar-refractivity contribution in [2.24, 2.45) is 0 Å². The zero-order chi connectivity index (χ0) is 19.8. The highest BCUT2D eigenvalue weighted by Gasteiger charge is 2.09. The van der Waals surface area contributed by atoms with E-state index in [-0.39, 0.29) is 5.02 Å². The first-order valence-corrected chi connectivity index (χ1v) is 8.12. The maximum atomic E-state index is 13.1. The maximum absolute atomic E-state index is 13.1. The molecule has 0 aliphatic carbocycles. The Morgan fingerprint density at radius 2 is 1.85 bits per heavy atom. The fourth-order valence-electron chi connectivity index (χ4n) is 2.08. The number of carbonyl (C=O) groups is 2. The minimum absolute atomic E-state index is 0.0557. The van der Waals surface area contributed by atoms with Crippen molar-refractivity contribution in [2.75, 3.05) is 26.1 Å². The van der Waals surface area contributed by atoms with E-state index in [1.165, 1.54) is 38.5 Å². The fourth-order valence-corrected chi connectivity index (χ4v) is 2.27. The van der Waals surface area contributed by atoms with Crippen LogP contribution in [0.25, 0.3) is 6.08 Å². The minimum Gasteiger partial charge on any atom is -0.493 e. The van der Waals surface area contributed by atoms with E-state index < -0.39 is 24.3 Å². The number of hydrogen-bond acceptors (Lipinski definition) is 5. The molecule has 0 radical (unpaired) electrons. The van der Waals surface area contributed by atoms with Gasteiger partial charge in [0, 0.05) is 17.8 Å². The van der Waals surface area contributed by atoms with Gasteiger partial charge in [0.25, 0.3) is 5.91 Å². The van der Waals surface area contributed by atoms with Gasteiger partial charge in [0.15, 0.2) is 18.1 Å². The largest absolute Gasteiger partial charge is 0.493 e. The van der Waals surface area contributed by atoms with Crippen LogP contribution in [-0.4, -0.2) is 32.7 Å². The van der Waals surface area contributed by atoms with Crippen molar-refractivity contribution in [3.8, 4) is 11.5 Å². The van der Waals surface area contributed by atoms with Gasteiger partial charge in [-0.2, -0.15) is 0 Å². The Hall–Kier alpha value is -3.06. The molecule has 0 aliphatic heterocycles. The average Bonchev–Trinajstić information content (AvgIpc) is 2.67. The molecule has 0 atom stereocenters. The van der Waals surface area contributed by atoms with Crippen LogP contribution in [0.3, 0.4) is 0 Å². The molecule has 2 aromatic rings. The van der Waals surface area contributed by atoms with Crippen LogP contribution in [0.2, 0.25) is 5.02 Å². The van der Waals surface area contributed by atoms with Crippen molar-refractivity contribution in [1.82, 2.24) is 0 Å². The van der Waals surface area contributed by atoms with Crippen LogP contribution < -0.4 is 14.8 Å². The third-order valence-corrected chi connectivity index (χ3v) is 3.66. The molecule has 2 aromatic carbocycles. The van der Waals surface area contributed by atoms with E-state index >= 15 is 0 Å². The van der Waals surface area contributed by atoms with Crippen LogP contribution in [0.4, 0.5) is 10.1 Å². The van der Waals surface area contributed by atoms with Gasteiger partial charge in [0.2, 0.25) is 0 Å². The zero-order valence-electron chi connectivity index (χ0n) is 14.6. The standard InChI is InChI=1S/C19H17ClFNO5/c1-25-16-7-5-13(10-17(16)26-2)22-18(23)11-27-19(24)8-4-12-3-6-15(21)14(20)9-12/h3-10H,11H2,1-2H3,(H,22,23)/b8-4+. The number of nitrogens with one attached hydrogen (secondary N) is 1. The number of halogens is 2. The van der Waals surface area contributed by atoms with Gasteiger partial charge < -0.3 is 19.5 Å². The number of methoxy groups -OCH3 is 2. The second-order valence-electron chi connectivity index (χ2n) is 5.23. The fraction of sp³-hybridized carbons (Fsp3) is 0.158. The van der Waals surface area contributed by atoms with Gasteiger partial charge in [-0.15, -0.1) is 0 Å². The molecule has 0 saturated heterocycles. The van der Waals surface area contributed by atoms with Crippen LogP contribution in [-0.2, 0) is 14.3 Å². The predicted octanol–water partition coefficient (Wildman–Crippen LogP) is 3.69. The minimum atomic E-state index is -0.724. The van der Waals surface area contributed by atoms with Gasteiger partial charge in [-0.25, -0.2) is 9.18 Å². The molecule has 6 nitrogen and oxygen atoms in total. The van der Waals surface area contributed by atoms with E-state index in [1.54, 1.807) is 18.2 Å². The van der Waals surface area contributed by atoms with Gasteiger partial charge in [-0.3, -0.25) is 4.79 Å². The number of carbonyl (C=O) groups excluding carboxylic acids is 2. The van der Waals surface area contributed by atoms with Crippen LogP contribution in [0.1, 0.15) is 5.56 Å². The van der Waals surface area contributed by atoms with Crippen LogP contribution in [0, 0.1) is 5.82 Å². The second-order valence-corrected chi connectivity index (χ2v) is 5.64. The quantitative estimate of drug-likeness (QED) is 0.573. The van der Waals surface area contributed by atoms with Crippen molar-refractivity contribution < 1.29 is 28.2 Å². The molecule has 0 spiro atoms. The summed E-state index contributed by atoms with van der Waals surface area (Å²) >= 11 is 5.65. The van der Waals surface area contributed by atoms with Gasteiger partial charge in [0.05, 0.1) is 19.2 Å². The Labute approximate surface area is 160 Å². The molecule has 0 heterocycles. The molecule has 1 N–H and O–H groups in total. The Morgan fingerprint density at radius 3 is 2.52 bits per heavy atom. The predicted molar refractivity (Wildman–Crippen MR) is 99.6 cm³/mol. The normalized spacial score (nSPS) is 10.5. The van der Waals surface area contributed by atoms with Gasteiger partial charge in [0.1, 0.15) is 5.82 Å². The van der Waals surface area contributed by atoms with Crippen molar-refractivity contribution in [1.29, 1.82) is 0 Å². The zero-order valence-corrected chi connectivity index (χ0v) is 15.4. The number of amides is 1. The smallest absolute Gasteiger partial charge is 0.331 e. The highest BCUT2D eigenvalue weighted by atomic mass is 35.5. The van der Waals surface area contributed by atoms with Crippen molar-refractivity contribution in [3.63, 3.8) is 0 Å². The lowest BCUT2D eigenvalue weighted by atomic mass is 10.2. The van der Waals surface area contributed by atoms with E-state index in [1.807, 2.05) is 0 Å². The Kier molecular flexibility index (Phi) is 7.19. The van der Waals surface area contributed by atoms with Gasteiger partial charge in [-0.05, 0) is 35.9 Å². The summed E-state index contributed by atoms with van der Waals surface area (Å²) in [6, 6.07) is 8.84.